The monoisotopic (exact) mass is 662 g/mol. The normalized spacial score (nSPS) is 16.9. The largest absolute Gasteiger partial charge is 0.388 e. The molecule has 0 amide bonds. The Labute approximate surface area is 269 Å². The molecule has 5 aromatic rings. The van der Waals surface area contributed by atoms with E-state index in [0.29, 0.717) is 40.8 Å². The van der Waals surface area contributed by atoms with Crippen molar-refractivity contribution in [2.24, 2.45) is 0 Å². The first kappa shape index (κ1) is 30.3. The molecule has 3 N–H and O–H groups in total. The molecule has 1 fully saturated rings. The van der Waals surface area contributed by atoms with E-state index in [1.54, 1.807) is 24.5 Å². The summed E-state index contributed by atoms with van der Waals surface area (Å²) in [7, 11) is -4.33. The number of rotatable bonds is 7. The Bertz CT molecular complexity index is 2060. The van der Waals surface area contributed by atoms with Gasteiger partial charge in [0.15, 0.2) is 5.82 Å². The van der Waals surface area contributed by atoms with Crippen LogP contribution >= 0.6 is 11.6 Å². The van der Waals surface area contributed by atoms with Gasteiger partial charge in [0, 0.05) is 41.9 Å². The molecular formula is C33H29ClF2N6O3S. The number of hydrogen-bond acceptors (Lipinski definition) is 8. The molecule has 0 spiro atoms. The molecule has 0 bridgehead atoms. The van der Waals surface area contributed by atoms with Crippen LogP contribution in [0.1, 0.15) is 36.5 Å². The van der Waals surface area contributed by atoms with Gasteiger partial charge in [-0.05, 0) is 90.9 Å². The van der Waals surface area contributed by atoms with Crippen molar-refractivity contribution in [3.63, 3.8) is 0 Å². The number of halogens is 3. The van der Waals surface area contributed by atoms with Gasteiger partial charge in [-0.15, -0.1) is 0 Å². The Balaban J connectivity index is 1.10. The molecule has 3 heterocycles. The van der Waals surface area contributed by atoms with E-state index in [-0.39, 0.29) is 21.5 Å². The Morgan fingerprint density at radius 1 is 1.00 bits per heavy atom. The molecule has 0 saturated carbocycles. The zero-order valence-corrected chi connectivity index (χ0v) is 26.0. The van der Waals surface area contributed by atoms with E-state index in [4.69, 9.17) is 11.6 Å². The van der Waals surface area contributed by atoms with Gasteiger partial charge in [0.1, 0.15) is 5.82 Å². The van der Waals surface area contributed by atoms with Gasteiger partial charge in [0.25, 0.3) is 10.0 Å². The Morgan fingerprint density at radius 2 is 1.83 bits per heavy atom. The second kappa shape index (κ2) is 12.1. The van der Waals surface area contributed by atoms with E-state index in [0.717, 1.165) is 43.8 Å². The van der Waals surface area contributed by atoms with Gasteiger partial charge in [0.05, 0.1) is 39.7 Å². The highest BCUT2D eigenvalue weighted by Gasteiger charge is 2.30. The molecule has 7 rings (SSSR count). The maximum absolute atomic E-state index is 15.9. The van der Waals surface area contributed by atoms with Gasteiger partial charge in [-0.3, -0.25) is 9.71 Å². The molecule has 0 radical (unpaired) electrons. The summed E-state index contributed by atoms with van der Waals surface area (Å²) in [5.41, 5.74) is 1.91. The van der Waals surface area contributed by atoms with Gasteiger partial charge in [-0.25, -0.2) is 27.2 Å². The van der Waals surface area contributed by atoms with Crippen molar-refractivity contribution >= 4 is 49.9 Å². The fraction of sp³-hybridized carbons (Fsp3) is 0.242. The number of hydrogen-bond donors (Lipinski definition) is 3. The topological polar surface area (TPSA) is 120 Å². The van der Waals surface area contributed by atoms with Crippen LogP contribution in [0.25, 0.3) is 22.0 Å². The molecule has 2 aromatic heterocycles. The van der Waals surface area contributed by atoms with E-state index < -0.39 is 39.0 Å². The number of aliphatic hydroxyl groups excluding tert-OH is 1. The number of benzene rings is 3. The van der Waals surface area contributed by atoms with E-state index in [2.05, 4.69) is 29.9 Å². The van der Waals surface area contributed by atoms with E-state index in [9.17, 15) is 13.5 Å². The van der Waals surface area contributed by atoms with Crippen molar-refractivity contribution in [3.05, 3.63) is 101 Å². The summed E-state index contributed by atoms with van der Waals surface area (Å²) < 4.78 is 60.0. The first-order valence-electron chi connectivity index (χ1n) is 14.9. The number of aliphatic hydroxyl groups is 1. The van der Waals surface area contributed by atoms with Crippen LogP contribution < -0.4 is 14.9 Å². The lowest BCUT2D eigenvalue weighted by atomic mass is 10.0. The molecule has 1 aliphatic heterocycles. The SMILES string of the molecule is O=S(=O)(Nc1ccc(F)c(-c2ccc3nc(NC4CCN(c5cccnc5)CC4)ncc3c2)c1F)c1cc(Cl)cc2c1CCC2O. The minimum atomic E-state index is -4.33. The van der Waals surface area contributed by atoms with Gasteiger partial charge >= 0.3 is 0 Å². The van der Waals surface area contributed by atoms with Crippen LogP contribution in [0.5, 0.6) is 0 Å². The predicted octanol–water partition coefficient (Wildman–Crippen LogP) is 6.48. The number of nitrogens with one attached hydrogen (secondary N) is 2. The summed E-state index contributed by atoms with van der Waals surface area (Å²) in [5, 5.41) is 14.3. The molecule has 9 nitrogen and oxygen atoms in total. The van der Waals surface area contributed by atoms with E-state index in [1.165, 1.54) is 18.2 Å². The minimum absolute atomic E-state index is 0.128. The summed E-state index contributed by atoms with van der Waals surface area (Å²) >= 11 is 6.15. The molecule has 1 aliphatic carbocycles. The third-order valence-corrected chi connectivity index (χ3v) is 10.2. The fourth-order valence-electron chi connectivity index (χ4n) is 6.23. The Morgan fingerprint density at radius 3 is 2.61 bits per heavy atom. The third kappa shape index (κ3) is 5.83. The van der Waals surface area contributed by atoms with E-state index in [1.807, 2.05) is 18.3 Å². The van der Waals surface area contributed by atoms with Gasteiger partial charge in [0.2, 0.25) is 5.95 Å². The average Bonchev–Trinajstić information content (AvgIpc) is 3.42. The van der Waals surface area contributed by atoms with Crippen LogP contribution in [0.15, 0.2) is 78.1 Å². The number of pyridine rings is 1. The van der Waals surface area contributed by atoms with Crippen molar-refractivity contribution in [1.29, 1.82) is 0 Å². The lowest BCUT2D eigenvalue weighted by molar-refractivity contribution is 0.180. The van der Waals surface area contributed by atoms with Crippen molar-refractivity contribution in [2.75, 3.05) is 28.0 Å². The summed E-state index contributed by atoms with van der Waals surface area (Å²) in [6.07, 6.45) is 6.84. The zero-order chi connectivity index (χ0) is 32.0. The number of anilines is 3. The summed E-state index contributed by atoms with van der Waals surface area (Å²) in [4.78, 5) is 15.4. The Kier molecular flexibility index (Phi) is 7.95. The molecule has 236 valence electrons. The third-order valence-electron chi connectivity index (χ3n) is 8.57. The maximum Gasteiger partial charge on any atom is 0.262 e. The van der Waals surface area contributed by atoms with Gasteiger partial charge in [-0.2, -0.15) is 0 Å². The number of nitrogens with zero attached hydrogens (tertiary/aromatic N) is 4. The molecule has 1 atom stereocenters. The van der Waals surface area contributed by atoms with Crippen LogP contribution in [0.4, 0.5) is 26.1 Å². The first-order chi connectivity index (χ1) is 22.2. The fourth-order valence-corrected chi connectivity index (χ4v) is 7.91. The molecule has 1 unspecified atom stereocenters. The zero-order valence-electron chi connectivity index (χ0n) is 24.4. The van der Waals surface area contributed by atoms with Crippen LogP contribution in [0.3, 0.4) is 0 Å². The van der Waals surface area contributed by atoms with Crippen LogP contribution in [0, 0.1) is 11.6 Å². The highest BCUT2D eigenvalue weighted by Crippen LogP contribution is 2.39. The molecule has 1 saturated heterocycles. The number of aromatic nitrogens is 3. The Hall–Kier alpha value is -4.39. The smallest absolute Gasteiger partial charge is 0.262 e. The molecular weight excluding hydrogens is 634 g/mol. The number of piperidine rings is 1. The highest BCUT2D eigenvalue weighted by atomic mass is 35.5. The molecule has 13 heteroatoms. The van der Waals surface area contributed by atoms with Crippen molar-refractivity contribution < 1.29 is 22.3 Å². The van der Waals surface area contributed by atoms with Gasteiger partial charge in [-0.1, -0.05) is 17.7 Å². The van der Waals surface area contributed by atoms with Crippen LogP contribution in [-0.4, -0.2) is 47.6 Å². The predicted molar refractivity (Wildman–Crippen MR) is 174 cm³/mol. The van der Waals surface area contributed by atoms with Gasteiger partial charge < -0.3 is 15.3 Å². The van der Waals surface area contributed by atoms with Crippen molar-refractivity contribution in [3.8, 4) is 11.1 Å². The summed E-state index contributed by atoms with van der Waals surface area (Å²) in [6, 6.07) is 13.8. The maximum atomic E-state index is 15.9. The number of fused-ring (bicyclic) bond motifs is 2. The number of sulfonamides is 1. The van der Waals surface area contributed by atoms with E-state index >= 15 is 8.78 Å². The van der Waals surface area contributed by atoms with Crippen molar-refractivity contribution in [1.82, 2.24) is 15.0 Å². The van der Waals surface area contributed by atoms with Crippen molar-refractivity contribution in [2.45, 2.75) is 42.7 Å². The first-order valence-corrected chi connectivity index (χ1v) is 16.7. The summed E-state index contributed by atoms with van der Waals surface area (Å²) in [5.74, 6) is -1.46. The second-order valence-corrected chi connectivity index (χ2v) is 13.6. The summed E-state index contributed by atoms with van der Waals surface area (Å²) in [6.45, 7) is 1.74. The second-order valence-electron chi connectivity index (χ2n) is 11.5. The highest BCUT2D eigenvalue weighted by molar-refractivity contribution is 7.92. The molecule has 3 aromatic carbocycles. The lowest BCUT2D eigenvalue weighted by Crippen LogP contribution is -2.39. The standard InChI is InChI=1S/C33H29ClF2N6O3S/c34-21-15-25-24(4-8-29(25)43)30(16-21)46(44,45)41-28-7-5-26(35)31(32(28)36)19-3-6-27-20(14-19)17-38-33(40-27)39-22-9-12-42(13-10-22)23-2-1-11-37-18-23/h1-3,5-7,11,14-18,22,29,41,43H,4,8-10,12-13H2,(H,38,39,40). The van der Waals surface area contributed by atoms with Crippen LogP contribution in [-0.2, 0) is 16.4 Å². The minimum Gasteiger partial charge on any atom is -0.388 e. The quantitative estimate of drug-likeness (QED) is 0.181. The average molecular weight is 663 g/mol. The lowest BCUT2D eigenvalue weighted by Gasteiger charge is -2.33. The molecule has 46 heavy (non-hydrogen) atoms. The van der Waals surface area contributed by atoms with Crippen LogP contribution in [0.2, 0.25) is 5.02 Å². The molecule has 2 aliphatic rings.